The molecule has 0 fully saturated rings. The number of hydrogen-bond donors (Lipinski definition) is 0. The van der Waals surface area contributed by atoms with Gasteiger partial charge < -0.3 is 7.66 Å². The summed E-state index contributed by atoms with van der Waals surface area (Å²) >= 11 is 5.25. The van der Waals surface area contributed by atoms with E-state index in [1.54, 1.807) is 0 Å². The minimum atomic E-state index is -0.238. The van der Waals surface area contributed by atoms with Gasteiger partial charge in [0.1, 0.15) is 0 Å². The molecule has 0 heterocycles. The third-order valence-electron chi connectivity index (χ3n) is 1.93. The summed E-state index contributed by atoms with van der Waals surface area (Å²) in [6.07, 6.45) is 5.51. The van der Waals surface area contributed by atoms with Crippen molar-refractivity contribution in [2.75, 3.05) is 0 Å². The van der Waals surface area contributed by atoms with E-state index in [4.69, 9.17) is 0 Å². The Kier molecular flexibility index (Phi) is 10.3. The fourth-order valence-corrected chi connectivity index (χ4v) is 1.47. The number of halogens is 2. The van der Waals surface area contributed by atoms with Crippen LogP contribution in [0, 0.1) is 0 Å². The van der Waals surface area contributed by atoms with E-state index in [9.17, 15) is 9.59 Å². The van der Waals surface area contributed by atoms with E-state index in [-0.39, 0.29) is 11.9 Å². The van der Waals surface area contributed by atoms with Crippen molar-refractivity contribution in [1.29, 1.82) is 0 Å². The molecule has 6 heteroatoms. The molecule has 0 spiro atoms. The molecule has 0 N–H and O–H groups in total. The van der Waals surface area contributed by atoms with E-state index in [1.165, 1.54) is 0 Å². The maximum absolute atomic E-state index is 10.7. The molecule has 0 aromatic carbocycles. The van der Waals surface area contributed by atoms with Crippen LogP contribution in [-0.2, 0) is 17.2 Å². The van der Waals surface area contributed by atoms with E-state index in [2.05, 4.69) is 40.2 Å². The van der Waals surface area contributed by atoms with Crippen LogP contribution in [0.1, 0.15) is 44.9 Å². The monoisotopic (exact) mass is 344 g/mol. The van der Waals surface area contributed by atoms with Crippen molar-refractivity contribution < 1.29 is 17.2 Å². The summed E-state index contributed by atoms with van der Waals surface area (Å²) in [5.74, 6) is -0.476. The van der Waals surface area contributed by atoms with Gasteiger partial charge in [0.05, 0.1) is 0 Å². The Morgan fingerprint density at radius 3 is 1.40 bits per heavy atom. The first-order valence-electron chi connectivity index (χ1n) is 4.83. The molecule has 0 aliphatic carbocycles. The third-order valence-corrected chi connectivity index (χ3v) is 2.66. The highest BCUT2D eigenvalue weighted by molar-refractivity contribution is 9.06. The van der Waals surface area contributed by atoms with Crippen molar-refractivity contribution in [1.82, 2.24) is 0 Å². The molecule has 0 aromatic heterocycles. The van der Waals surface area contributed by atoms with Crippen molar-refractivity contribution in [2.24, 2.45) is 0 Å². The molecule has 0 radical (unpaired) electrons. The van der Waals surface area contributed by atoms with Crippen LogP contribution in [0.4, 0.5) is 0 Å². The second-order valence-electron chi connectivity index (χ2n) is 3.17. The molecule has 0 amide bonds. The van der Waals surface area contributed by atoms with Gasteiger partial charge in [0.15, 0.2) is 32.5 Å². The Morgan fingerprint density at radius 2 is 1.07 bits per heavy atom. The topological polar surface area (TPSA) is 52.6 Å². The summed E-state index contributed by atoms with van der Waals surface area (Å²) in [7, 11) is 0. The van der Waals surface area contributed by atoms with Gasteiger partial charge in [-0.3, -0.25) is 9.59 Å². The summed E-state index contributed by atoms with van der Waals surface area (Å²) in [4.78, 5) is 21.4. The molecule has 15 heavy (non-hydrogen) atoms. The van der Waals surface area contributed by atoms with Gasteiger partial charge in [0, 0.05) is 12.8 Å². The molecule has 0 unspecified atom stereocenters. The first kappa shape index (κ1) is 14.9. The number of unbranched alkanes of at least 4 members (excludes halogenated alkanes) is 4. The normalized spacial score (nSPS) is 9.73. The second-order valence-corrected chi connectivity index (χ2v) is 3.81. The van der Waals surface area contributed by atoms with Crippen LogP contribution in [-0.4, -0.2) is 11.9 Å². The van der Waals surface area contributed by atoms with Gasteiger partial charge in [-0.05, 0) is 12.8 Å². The molecule has 4 nitrogen and oxygen atoms in total. The van der Waals surface area contributed by atoms with Crippen LogP contribution in [0.25, 0.3) is 0 Å². The van der Waals surface area contributed by atoms with Crippen molar-refractivity contribution in [3.63, 3.8) is 0 Å². The SMILES string of the molecule is O=C(CCCCCCCC(=O)OBr)OBr. The van der Waals surface area contributed by atoms with Crippen molar-refractivity contribution >= 4 is 44.5 Å². The zero-order valence-electron chi connectivity index (χ0n) is 8.34. The predicted octanol–water partition coefficient (Wildman–Crippen LogP) is 3.42. The lowest BCUT2D eigenvalue weighted by atomic mass is 10.1. The molecule has 0 aliphatic rings. The zero-order chi connectivity index (χ0) is 11.5. The molecule has 0 atom stereocenters. The lowest BCUT2D eigenvalue weighted by Crippen LogP contribution is -1.96. The van der Waals surface area contributed by atoms with E-state index in [1.807, 2.05) is 0 Å². The lowest BCUT2D eigenvalue weighted by molar-refractivity contribution is -0.133. The molecular weight excluding hydrogens is 332 g/mol. The van der Waals surface area contributed by atoms with Gasteiger partial charge in [-0.1, -0.05) is 19.3 Å². The third kappa shape index (κ3) is 10.2. The Morgan fingerprint density at radius 1 is 0.733 bits per heavy atom. The minimum absolute atomic E-state index is 0.238. The van der Waals surface area contributed by atoms with Crippen LogP contribution in [0.2, 0.25) is 0 Å². The molecule has 0 bridgehead atoms. The van der Waals surface area contributed by atoms with Gasteiger partial charge in [-0.25, -0.2) is 0 Å². The standard InChI is InChI=1S/C9H14Br2O4/c10-14-8(12)6-4-2-1-3-5-7-9(13)15-11/h1-7H2. The van der Waals surface area contributed by atoms with Gasteiger partial charge in [0.25, 0.3) is 0 Å². The summed E-state index contributed by atoms with van der Waals surface area (Å²) in [6.45, 7) is 0. The van der Waals surface area contributed by atoms with Crippen molar-refractivity contribution in [3.05, 3.63) is 0 Å². The van der Waals surface area contributed by atoms with Gasteiger partial charge in [-0.15, -0.1) is 0 Å². The average Bonchev–Trinajstić information content (AvgIpc) is 2.26. The Labute approximate surface area is 107 Å². The fraction of sp³-hybridized carbons (Fsp3) is 0.778. The van der Waals surface area contributed by atoms with Crippen LogP contribution >= 0.6 is 32.5 Å². The maximum Gasteiger partial charge on any atom is 0.317 e. The number of hydrogen-bond acceptors (Lipinski definition) is 4. The Balaban J connectivity index is 3.11. The maximum atomic E-state index is 10.7. The first-order valence-corrected chi connectivity index (χ1v) is 6.13. The summed E-state index contributed by atoms with van der Waals surface area (Å²) in [5.41, 5.74) is 0. The molecular formula is C9H14Br2O4. The van der Waals surface area contributed by atoms with Crippen LogP contribution in [0.3, 0.4) is 0 Å². The van der Waals surface area contributed by atoms with Gasteiger partial charge in [-0.2, -0.15) is 0 Å². The number of rotatable bonds is 8. The van der Waals surface area contributed by atoms with Crippen molar-refractivity contribution in [3.8, 4) is 0 Å². The number of carbonyl (C=O) groups is 2. The van der Waals surface area contributed by atoms with E-state index in [0.29, 0.717) is 12.8 Å². The first-order chi connectivity index (χ1) is 7.20. The molecule has 0 aliphatic heterocycles. The van der Waals surface area contributed by atoms with Crippen LogP contribution in [0.15, 0.2) is 0 Å². The highest BCUT2D eigenvalue weighted by atomic mass is 79.9. The zero-order valence-corrected chi connectivity index (χ0v) is 11.5. The smallest absolute Gasteiger partial charge is 0.317 e. The summed E-state index contributed by atoms with van der Waals surface area (Å²) in [6, 6.07) is 0. The quantitative estimate of drug-likeness (QED) is 0.632. The lowest BCUT2D eigenvalue weighted by Gasteiger charge is -1.99. The Hall–Kier alpha value is -0.100. The van der Waals surface area contributed by atoms with Crippen LogP contribution < -0.4 is 0 Å². The van der Waals surface area contributed by atoms with Crippen molar-refractivity contribution in [2.45, 2.75) is 44.9 Å². The van der Waals surface area contributed by atoms with E-state index < -0.39 is 0 Å². The summed E-state index contributed by atoms with van der Waals surface area (Å²) in [5, 5.41) is 0. The molecule has 0 saturated carbocycles. The minimum Gasteiger partial charge on any atom is -0.384 e. The Bertz CT molecular complexity index is 177. The number of carbonyl (C=O) groups excluding carboxylic acids is 2. The predicted molar refractivity (Wildman–Crippen MR) is 62.4 cm³/mol. The van der Waals surface area contributed by atoms with E-state index in [0.717, 1.165) is 32.1 Å². The molecule has 0 saturated heterocycles. The van der Waals surface area contributed by atoms with Gasteiger partial charge in [0.2, 0.25) is 0 Å². The average molecular weight is 346 g/mol. The highest BCUT2D eigenvalue weighted by Gasteiger charge is 2.02. The highest BCUT2D eigenvalue weighted by Crippen LogP contribution is 2.09. The molecule has 0 aromatic rings. The summed E-state index contributed by atoms with van der Waals surface area (Å²) < 4.78 is 8.66. The fourth-order valence-electron chi connectivity index (χ4n) is 1.15. The van der Waals surface area contributed by atoms with Gasteiger partial charge >= 0.3 is 11.9 Å². The largest absolute Gasteiger partial charge is 0.384 e. The van der Waals surface area contributed by atoms with E-state index >= 15 is 0 Å². The van der Waals surface area contributed by atoms with Crippen LogP contribution in [0.5, 0.6) is 0 Å². The molecule has 88 valence electrons. The second kappa shape index (κ2) is 10.4. The molecule has 0 rings (SSSR count).